The van der Waals surface area contributed by atoms with Gasteiger partial charge >= 0.3 is 0 Å². The van der Waals surface area contributed by atoms with Gasteiger partial charge < -0.3 is 9.47 Å². The maximum atomic E-state index is 13.0. The highest BCUT2D eigenvalue weighted by molar-refractivity contribution is 7.92. The van der Waals surface area contributed by atoms with Gasteiger partial charge in [0.2, 0.25) is 0 Å². The van der Waals surface area contributed by atoms with Crippen molar-refractivity contribution in [3.05, 3.63) is 66.7 Å². The van der Waals surface area contributed by atoms with Crippen LogP contribution in [0.2, 0.25) is 0 Å². The fourth-order valence-electron chi connectivity index (χ4n) is 2.71. The van der Waals surface area contributed by atoms with Gasteiger partial charge in [-0.15, -0.1) is 0 Å². The van der Waals surface area contributed by atoms with E-state index in [0.29, 0.717) is 30.3 Å². The van der Waals surface area contributed by atoms with Gasteiger partial charge in [-0.05, 0) is 36.4 Å². The van der Waals surface area contributed by atoms with Gasteiger partial charge in [-0.25, -0.2) is 12.8 Å². The molecule has 4 rings (SSSR count). The fraction of sp³-hybridized carbons (Fsp3) is 0.167. The van der Waals surface area contributed by atoms with E-state index in [-0.39, 0.29) is 11.0 Å². The Morgan fingerprint density at radius 3 is 2.67 bits per heavy atom. The first kappa shape index (κ1) is 17.3. The number of fused-ring (bicyclic) bond motifs is 1. The molecule has 27 heavy (non-hydrogen) atoms. The minimum Gasteiger partial charge on any atom is -0.486 e. The zero-order chi connectivity index (χ0) is 18.9. The molecule has 0 amide bonds. The number of benzene rings is 2. The molecule has 0 saturated carbocycles. The van der Waals surface area contributed by atoms with Crippen LogP contribution in [0.3, 0.4) is 0 Å². The Hall–Kier alpha value is -3.07. The molecule has 0 aliphatic carbocycles. The van der Waals surface area contributed by atoms with Crippen LogP contribution in [-0.2, 0) is 16.6 Å². The molecule has 1 aliphatic heterocycles. The Labute approximate surface area is 155 Å². The number of halogens is 1. The molecule has 1 unspecified atom stereocenters. The highest BCUT2D eigenvalue weighted by Crippen LogP contribution is 2.31. The molecular formula is C18H16FN3O4S. The summed E-state index contributed by atoms with van der Waals surface area (Å²) in [6.45, 7) is 0.764. The SMILES string of the molecule is O=S(=O)(Nc1cnn(CC2COc3ccccc3O2)c1)c1ccc(F)cc1. The molecule has 9 heteroatoms. The first-order chi connectivity index (χ1) is 13.0. The second-order valence-electron chi connectivity index (χ2n) is 6.01. The average Bonchev–Trinajstić information content (AvgIpc) is 3.08. The first-order valence-corrected chi connectivity index (χ1v) is 9.67. The predicted octanol–water partition coefficient (Wildman–Crippen LogP) is 2.66. The molecule has 1 atom stereocenters. The standard InChI is InChI=1S/C18H16FN3O4S/c19-13-5-7-16(8-6-13)27(23,24)21-14-9-20-22(10-14)11-15-12-25-17-3-1-2-4-18(17)26-15/h1-10,15,21H,11-12H2. The maximum absolute atomic E-state index is 13.0. The van der Waals surface area contributed by atoms with Crippen LogP contribution < -0.4 is 14.2 Å². The number of para-hydroxylation sites is 2. The van der Waals surface area contributed by atoms with Crippen molar-refractivity contribution in [3.63, 3.8) is 0 Å². The van der Waals surface area contributed by atoms with Crippen molar-refractivity contribution in [2.75, 3.05) is 11.3 Å². The second kappa shape index (κ2) is 6.92. The summed E-state index contributed by atoms with van der Waals surface area (Å²) in [5.41, 5.74) is 0.302. The topological polar surface area (TPSA) is 82.5 Å². The normalized spacial score (nSPS) is 16.1. The molecule has 1 aliphatic rings. The number of hydrogen-bond donors (Lipinski definition) is 1. The van der Waals surface area contributed by atoms with Crippen molar-refractivity contribution >= 4 is 15.7 Å². The maximum Gasteiger partial charge on any atom is 0.261 e. The Morgan fingerprint density at radius 1 is 1.15 bits per heavy atom. The first-order valence-electron chi connectivity index (χ1n) is 8.19. The Morgan fingerprint density at radius 2 is 1.89 bits per heavy atom. The smallest absolute Gasteiger partial charge is 0.261 e. The van der Waals surface area contributed by atoms with Gasteiger partial charge in [0, 0.05) is 6.20 Å². The lowest BCUT2D eigenvalue weighted by Crippen LogP contribution is -2.33. The molecule has 0 radical (unpaired) electrons. The second-order valence-corrected chi connectivity index (χ2v) is 7.69. The van der Waals surface area contributed by atoms with Crippen molar-refractivity contribution in [2.45, 2.75) is 17.5 Å². The van der Waals surface area contributed by atoms with Gasteiger partial charge in [0.25, 0.3) is 10.0 Å². The molecule has 0 spiro atoms. The molecule has 2 aromatic carbocycles. The Bertz CT molecular complexity index is 1050. The number of ether oxygens (including phenoxy) is 2. The summed E-state index contributed by atoms with van der Waals surface area (Å²) in [6, 6.07) is 12.0. The number of nitrogens with zero attached hydrogens (tertiary/aromatic N) is 2. The summed E-state index contributed by atoms with van der Waals surface area (Å²) in [7, 11) is -3.82. The zero-order valence-electron chi connectivity index (χ0n) is 14.1. The molecule has 0 bridgehead atoms. The molecule has 140 valence electrons. The molecule has 0 saturated heterocycles. The molecular weight excluding hydrogens is 373 g/mol. The number of nitrogens with one attached hydrogen (secondary N) is 1. The van der Waals surface area contributed by atoms with E-state index in [4.69, 9.17) is 9.47 Å². The lowest BCUT2D eigenvalue weighted by atomic mass is 10.2. The number of anilines is 1. The zero-order valence-corrected chi connectivity index (χ0v) is 14.9. The van der Waals surface area contributed by atoms with Gasteiger partial charge in [-0.3, -0.25) is 9.40 Å². The van der Waals surface area contributed by atoms with Crippen LogP contribution in [0.5, 0.6) is 11.5 Å². The van der Waals surface area contributed by atoms with Crippen LogP contribution in [0.15, 0.2) is 65.8 Å². The summed E-state index contributed by atoms with van der Waals surface area (Å²) in [4.78, 5) is -0.0303. The molecule has 3 aromatic rings. The number of sulfonamides is 1. The van der Waals surface area contributed by atoms with Crippen LogP contribution >= 0.6 is 0 Å². The molecule has 7 nitrogen and oxygen atoms in total. The van der Waals surface area contributed by atoms with Gasteiger partial charge in [-0.1, -0.05) is 12.1 Å². The third kappa shape index (κ3) is 3.87. The minimum atomic E-state index is -3.82. The van der Waals surface area contributed by atoms with E-state index in [2.05, 4.69) is 9.82 Å². The van der Waals surface area contributed by atoms with Crippen molar-refractivity contribution in [1.82, 2.24) is 9.78 Å². The van der Waals surface area contributed by atoms with E-state index in [1.54, 1.807) is 10.9 Å². The quantitative estimate of drug-likeness (QED) is 0.726. The van der Waals surface area contributed by atoms with Crippen molar-refractivity contribution in [1.29, 1.82) is 0 Å². The highest BCUT2D eigenvalue weighted by atomic mass is 32.2. The largest absolute Gasteiger partial charge is 0.486 e. The van der Waals surface area contributed by atoms with Gasteiger partial charge in [0.1, 0.15) is 12.4 Å². The molecule has 2 heterocycles. The monoisotopic (exact) mass is 389 g/mol. The van der Waals surface area contributed by atoms with Crippen LogP contribution in [0, 0.1) is 5.82 Å². The third-order valence-electron chi connectivity index (χ3n) is 3.97. The lowest BCUT2D eigenvalue weighted by molar-refractivity contribution is 0.0759. The summed E-state index contributed by atoms with van der Waals surface area (Å²) >= 11 is 0. The summed E-state index contributed by atoms with van der Waals surface area (Å²) in [5, 5.41) is 4.15. The van der Waals surface area contributed by atoms with E-state index < -0.39 is 15.8 Å². The summed E-state index contributed by atoms with van der Waals surface area (Å²) < 4.78 is 53.2. The van der Waals surface area contributed by atoms with Crippen LogP contribution in [0.1, 0.15) is 0 Å². The molecule has 1 N–H and O–H groups in total. The van der Waals surface area contributed by atoms with Crippen LogP contribution in [0.25, 0.3) is 0 Å². The number of aromatic nitrogens is 2. The van der Waals surface area contributed by atoms with Crippen molar-refractivity contribution in [3.8, 4) is 11.5 Å². The molecule has 1 aromatic heterocycles. The molecule has 0 fully saturated rings. The van der Waals surface area contributed by atoms with Crippen molar-refractivity contribution in [2.24, 2.45) is 0 Å². The van der Waals surface area contributed by atoms with Gasteiger partial charge in [-0.2, -0.15) is 5.10 Å². The van der Waals surface area contributed by atoms with Gasteiger partial charge in [0.05, 0.1) is 23.3 Å². The highest BCUT2D eigenvalue weighted by Gasteiger charge is 2.22. The Balaban J connectivity index is 1.42. The fourth-order valence-corrected chi connectivity index (χ4v) is 3.73. The minimum absolute atomic E-state index is 0.0303. The summed E-state index contributed by atoms with van der Waals surface area (Å²) in [5.74, 6) is 0.859. The summed E-state index contributed by atoms with van der Waals surface area (Å²) in [6.07, 6.45) is 2.71. The lowest BCUT2D eigenvalue weighted by Gasteiger charge is -2.26. The van der Waals surface area contributed by atoms with Crippen LogP contribution in [0.4, 0.5) is 10.1 Å². The number of hydrogen-bond acceptors (Lipinski definition) is 5. The van der Waals surface area contributed by atoms with Crippen LogP contribution in [-0.4, -0.2) is 30.9 Å². The number of rotatable bonds is 5. The average molecular weight is 389 g/mol. The third-order valence-corrected chi connectivity index (χ3v) is 5.36. The van der Waals surface area contributed by atoms with E-state index in [1.165, 1.54) is 18.3 Å². The van der Waals surface area contributed by atoms with E-state index in [1.807, 2.05) is 24.3 Å². The predicted molar refractivity (Wildman–Crippen MR) is 95.8 cm³/mol. The van der Waals surface area contributed by atoms with E-state index >= 15 is 0 Å². The van der Waals surface area contributed by atoms with E-state index in [9.17, 15) is 12.8 Å². The Kier molecular flexibility index (Phi) is 4.44. The van der Waals surface area contributed by atoms with Gasteiger partial charge in [0.15, 0.2) is 17.6 Å². The van der Waals surface area contributed by atoms with E-state index in [0.717, 1.165) is 12.1 Å². The van der Waals surface area contributed by atoms with Crippen molar-refractivity contribution < 1.29 is 22.3 Å².